The highest BCUT2D eigenvalue weighted by molar-refractivity contribution is 6.33. The van der Waals surface area contributed by atoms with Gasteiger partial charge in [-0.2, -0.15) is 14.6 Å². The van der Waals surface area contributed by atoms with E-state index in [-0.39, 0.29) is 16.4 Å². The van der Waals surface area contributed by atoms with E-state index in [4.69, 9.17) is 16.3 Å². The predicted octanol–water partition coefficient (Wildman–Crippen LogP) is 6.07. The smallest absolute Gasteiger partial charge is 0.232 e. The zero-order valence-corrected chi connectivity index (χ0v) is 20.9. The van der Waals surface area contributed by atoms with Crippen molar-refractivity contribution in [2.75, 3.05) is 25.0 Å². The molecule has 0 bridgehead atoms. The Balaban J connectivity index is 1.31. The summed E-state index contributed by atoms with van der Waals surface area (Å²) in [6.45, 7) is 4.90. The molecule has 36 heavy (non-hydrogen) atoms. The minimum atomic E-state index is -0.479. The van der Waals surface area contributed by atoms with E-state index in [0.717, 1.165) is 43.4 Å². The van der Waals surface area contributed by atoms with Gasteiger partial charge in [0, 0.05) is 23.9 Å². The second-order valence-electron chi connectivity index (χ2n) is 9.42. The number of rotatable bonds is 7. The number of anilines is 2. The van der Waals surface area contributed by atoms with Gasteiger partial charge in [0.15, 0.2) is 11.5 Å². The molecule has 0 radical (unpaired) electrons. The number of ether oxygens (including phenoxy) is 1. The number of hydrogen-bond acceptors (Lipinski definition) is 6. The summed E-state index contributed by atoms with van der Waals surface area (Å²) < 4.78 is 22.3. The van der Waals surface area contributed by atoms with Crippen LogP contribution in [0.1, 0.15) is 44.1 Å². The Hall–Kier alpha value is -3.23. The van der Waals surface area contributed by atoms with E-state index in [9.17, 15) is 4.39 Å². The molecule has 1 saturated carbocycles. The molecule has 2 aromatic heterocycles. The number of likely N-dealkylation sites (tertiary alicyclic amines) is 1. The van der Waals surface area contributed by atoms with Gasteiger partial charge < -0.3 is 15.0 Å². The van der Waals surface area contributed by atoms with Gasteiger partial charge in [0.1, 0.15) is 11.6 Å². The van der Waals surface area contributed by atoms with Crippen molar-refractivity contribution >= 4 is 28.9 Å². The molecular weight excluding hydrogens is 479 g/mol. The summed E-state index contributed by atoms with van der Waals surface area (Å²) in [5, 5.41) is 7.92. The second-order valence-corrected chi connectivity index (χ2v) is 9.83. The van der Waals surface area contributed by atoms with Crippen LogP contribution >= 0.6 is 11.6 Å². The maximum absolute atomic E-state index is 14.6. The Bertz CT molecular complexity index is 1380. The third-order valence-electron chi connectivity index (χ3n) is 7.04. The summed E-state index contributed by atoms with van der Waals surface area (Å²) in [6.07, 6.45) is 6.63. The summed E-state index contributed by atoms with van der Waals surface area (Å²) in [7, 11) is 0. The summed E-state index contributed by atoms with van der Waals surface area (Å²) >= 11 is 6.30. The largest absolute Gasteiger partial charge is 0.494 e. The highest BCUT2D eigenvalue weighted by Crippen LogP contribution is 2.39. The molecule has 1 aliphatic heterocycles. The van der Waals surface area contributed by atoms with Gasteiger partial charge in [-0.3, -0.25) is 0 Å². The molecule has 2 aromatic carbocycles. The fourth-order valence-electron chi connectivity index (χ4n) is 5.10. The Morgan fingerprint density at radius 1 is 1.08 bits per heavy atom. The van der Waals surface area contributed by atoms with Gasteiger partial charge in [0.05, 0.1) is 23.4 Å². The minimum absolute atomic E-state index is 0.161. The minimum Gasteiger partial charge on any atom is -0.494 e. The molecular formula is C27H28ClFN6O. The molecule has 4 aromatic rings. The first-order chi connectivity index (χ1) is 17.6. The van der Waals surface area contributed by atoms with Crippen LogP contribution in [0.4, 0.5) is 16.0 Å². The van der Waals surface area contributed by atoms with Crippen molar-refractivity contribution in [2.45, 2.75) is 44.6 Å². The normalized spacial score (nSPS) is 17.0. The number of piperidine rings is 1. The first-order valence-electron chi connectivity index (χ1n) is 12.5. The van der Waals surface area contributed by atoms with Gasteiger partial charge >= 0.3 is 0 Å². The van der Waals surface area contributed by atoms with Crippen LogP contribution in [0.15, 0.2) is 48.7 Å². The molecule has 0 spiro atoms. The van der Waals surface area contributed by atoms with E-state index in [0.29, 0.717) is 24.1 Å². The standard InChI is InChI=1S/C27H28ClFN6O/c1-2-36-23-16-18(6-9-20(23)17-11-14-34(15-12-17)19-7-8-19)31-27-33-26(32-24-10-13-30-35(24)27)25-21(28)4-3-5-22(25)29/h3-6,9-10,13,16-17,19H,2,7-8,11-12,14-15H2,1H3,(H,31,32,33). The molecule has 9 heteroatoms. The van der Waals surface area contributed by atoms with Gasteiger partial charge in [0.25, 0.3) is 0 Å². The number of fused-ring (bicyclic) bond motifs is 1. The molecule has 2 aliphatic rings. The van der Waals surface area contributed by atoms with Crippen molar-refractivity contribution in [2.24, 2.45) is 0 Å². The number of benzene rings is 2. The van der Waals surface area contributed by atoms with Crippen molar-refractivity contribution < 1.29 is 9.13 Å². The lowest BCUT2D eigenvalue weighted by molar-refractivity contribution is 0.201. The first kappa shape index (κ1) is 23.2. The van der Waals surface area contributed by atoms with E-state index < -0.39 is 5.82 Å². The van der Waals surface area contributed by atoms with Crippen LogP contribution in [0, 0.1) is 5.82 Å². The van der Waals surface area contributed by atoms with Crippen LogP contribution in [0.3, 0.4) is 0 Å². The Morgan fingerprint density at radius 2 is 1.92 bits per heavy atom. The number of halogens is 2. The fourth-order valence-corrected chi connectivity index (χ4v) is 5.35. The van der Waals surface area contributed by atoms with Crippen LogP contribution in [0.25, 0.3) is 17.0 Å². The molecule has 186 valence electrons. The van der Waals surface area contributed by atoms with Crippen molar-refractivity contribution in [3.8, 4) is 17.1 Å². The number of hydrogen-bond donors (Lipinski definition) is 1. The predicted molar refractivity (Wildman–Crippen MR) is 139 cm³/mol. The maximum atomic E-state index is 14.6. The Labute approximate surface area is 214 Å². The third kappa shape index (κ3) is 4.51. The summed E-state index contributed by atoms with van der Waals surface area (Å²) in [5.74, 6) is 1.50. The van der Waals surface area contributed by atoms with Gasteiger partial charge in [-0.15, -0.1) is 0 Å². The summed E-state index contributed by atoms with van der Waals surface area (Å²) in [5.41, 5.74) is 2.75. The molecule has 1 saturated heterocycles. The monoisotopic (exact) mass is 506 g/mol. The van der Waals surface area contributed by atoms with Crippen LogP contribution in [0.5, 0.6) is 5.75 Å². The molecule has 1 N–H and O–H groups in total. The molecule has 1 aliphatic carbocycles. The highest BCUT2D eigenvalue weighted by Gasteiger charge is 2.32. The van der Waals surface area contributed by atoms with E-state index in [1.54, 1.807) is 28.9 Å². The van der Waals surface area contributed by atoms with Gasteiger partial charge in [-0.25, -0.2) is 9.37 Å². The average Bonchev–Trinajstić information content (AvgIpc) is 3.62. The number of nitrogens with zero attached hydrogens (tertiary/aromatic N) is 5. The molecule has 7 nitrogen and oxygen atoms in total. The SMILES string of the molecule is CCOc1cc(Nc2nc(-c3c(F)cccc3Cl)nc3ccnn23)ccc1C1CCN(C2CC2)CC1. The molecule has 0 atom stereocenters. The third-order valence-corrected chi connectivity index (χ3v) is 7.36. The number of nitrogens with one attached hydrogen (secondary N) is 1. The zero-order chi connectivity index (χ0) is 24.6. The zero-order valence-electron chi connectivity index (χ0n) is 20.1. The maximum Gasteiger partial charge on any atom is 0.232 e. The van der Waals surface area contributed by atoms with Gasteiger partial charge in [-0.05, 0) is 75.4 Å². The first-order valence-corrected chi connectivity index (χ1v) is 12.9. The molecule has 2 fully saturated rings. The highest BCUT2D eigenvalue weighted by atomic mass is 35.5. The van der Waals surface area contributed by atoms with E-state index >= 15 is 0 Å². The van der Waals surface area contributed by atoms with E-state index in [2.05, 4.69) is 31.3 Å². The summed E-state index contributed by atoms with van der Waals surface area (Å²) in [6, 6.07) is 13.3. The topological polar surface area (TPSA) is 67.6 Å². The van der Waals surface area contributed by atoms with Crippen molar-refractivity contribution in [1.29, 1.82) is 0 Å². The lowest BCUT2D eigenvalue weighted by Crippen LogP contribution is -2.34. The van der Waals surface area contributed by atoms with Crippen LogP contribution in [0.2, 0.25) is 5.02 Å². The molecule has 0 unspecified atom stereocenters. The van der Waals surface area contributed by atoms with E-state index in [1.165, 1.54) is 24.5 Å². The second kappa shape index (κ2) is 9.67. The molecule has 3 heterocycles. The number of aromatic nitrogens is 4. The van der Waals surface area contributed by atoms with Crippen LogP contribution in [-0.2, 0) is 0 Å². The molecule has 6 rings (SSSR count). The van der Waals surface area contributed by atoms with Crippen molar-refractivity contribution in [1.82, 2.24) is 24.5 Å². The van der Waals surface area contributed by atoms with Gasteiger partial charge in [-0.1, -0.05) is 23.7 Å². The lowest BCUT2D eigenvalue weighted by atomic mass is 9.88. The van der Waals surface area contributed by atoms with E-state index in [1.807, 2.05) is 19.1 Å². The Morgan fingerprint density at radius 3 is 2.67 bits per heavy atom. The fraction of sp³-hybridized carbons (Fsp3) is 0.370. The van der Waals surface area contributed by atoms with Crippen molar-refractivity contribution in [3.63, 3.8) is 0 Å². The summed E-state index contributed by atoms with van der Waals surface area (Å²) in [4.78, 5) is 11.7. The van der Waals surface area contributed by atoms with Crippen LogP contribution < -0.4 is 10.1 Å². The van der Waals surface area contributed by atoms with Crippen molar-refractivity contribution in [3.05, 3.63) is 65.1 Å². The quantitative estimate of drug-likeness (QED) is 0.328. The molecule has 0 amide bonds. The Kier molecular flexibility index (Phi) is 6.23. The van der Waals surface area contributed by atoms with Crippen LogP contribution in [-0.4, -0.2) is 50.2 Å². The lowest BCUT2D eigenvalue weighted by Gasteiger charge is -2.33. The average molecular weight is 507 g/mol. The van der Waals surface area contributed by atoms with Gasteiger partial charge in [0.2, 0.25) is 5.95 Å².